The van der Waals surface area contributed by atoms with Crippen molar-refractivity contribution in [3.05, 3.63) is 69.9 Å². The van der Waals surface area contributed by atoms with Crippen molar-refractivity contribution >= 4 is 46.4 Å². The van der Waals surface area contributed by atoms with Crippen molar-refractivity contribution in [3.63, 3.8) is 0 Å². The largest absolute Gasteiger partial charge is 0.465 e. The number of nitrogens with one attached hydrogen (secondary N) is 1. The number of anilines is 1. The first-order chi connectivity index (χ1) is 10.1. The highest BCUT2D eigenvalue weighted by molar-refractivity contribution is 6.48. The molecular formula is C15H10Cl3NO2. The van der Waals surface area contributed by atoms with Crippen LogP contribution in [0.4, 0.5) is 5.69 Å². The van der Waals surface area contributed by atoms with Crippen molar-refractivity contribution in [2.75, 3.05) is 5.32 Å². The van der Waals surface area contributed by atoms with Crippen LogP contribution in [0.25, 0.3) is 0 Å². The van der Waals surface area contributed by atoms with Crippen molar-refractivity contribution in [3.8, 4) is 5.75 Å². The number of ether oxygens (including phenoxy) is 1. The Hall–Kier alpha value is -1.68. The van der Waals surface area contributed by atoms with Gasteiger partial charge in [-0.1, -0.05) is 53.0 Å². The quantitative estimate of drug-likeness (QED) is 0.472. The Morgan fingerprint density at radius 3 is 2.29 bits per heavy atom. The zero-order valence-corrected chi connectivity index (χ0v) is 12.9. The Balaban J connectivity index is 1.96. The SMILES string of the molecule is O=C(C=COc1ccccc1)Nc1cc(Cl)c(Cl)c(Cl)c1. The van der Waals surface area contributed by atoms with E-state index in [4.69, 9.17) is 39.5 Å². The maximum atomic E-state index is 11.7. The van der Waals surface area contributed by atoms with Gasteiger partial charge < -0.3 is 10.1 Å². The smallest absolute Gasteiger partial charge is 0.251 e. The lowest BCUT2D eigenvalue weighted by Crippen LogP contribution is -2.08. The van der Waals surface area contributed by atoms with Gasteiger partial charge in [0.2, 0.25) is 0 Å². The maximum Gasteiger partial charge on any atom is 0.251 e. The van der Waals surface area contributed by atoms with Gasteiger partial charge >= 0.3 is 0 Å². The zero-order valence-electron chi connectivity index (χ0n) is 10.6. The van der Waals surface area contributed by atoms with Crippen molar-refractivity contribution in [1.29, 1.82) is 0 Å². The van der Waals surface area contributed by atoms with Gasteiger partial charge in [-0.2, -0.15) is 0 Å². The lowest BCUT2D eigenvalue weighted by Gasteiger charge is -2.05. The monoisotopic (exact) mass is 341 g/mol. The van der Waals surface area contributed by atoms with Crippen LogP contribution in [0.3, 0.4) is 0 Å². The molecule has 2 aromatic carbocycles. The summed E-state index contributed by atoms with van der Waals surface area (Å²) in [7, 11) is 0. The molecule has 0 saturated heterocycles. The summed E-state index contributed by atoms with van der Waals surface area (Å²) in [6.45, 7) is 0. The molecule has 108 valence electrons. The number of hydrogen-bond acceptors (Lipinski definition) is 2. The van der Waals surface area contributed by atoms with E-state index in [-0.39, 0.29) is 21.0 Å². The molecule has 0 saturated carbocycles. The van der Waals surface area contributed by atoms with Gasteiger partial charge in [0.15, 0.2) is 0 Å². The van der Waals surface area contributed by atoms with Crippen molar-refractivity contribution in [1.82, 2.24) is 0 Å². The first-order valence-corrected chi connectivity index (χ1v) is 7.03. The molecule has 0 unspecified atom stereocenters. The Morgan fingerprint density at radius 1 is 1.05 bits per heavy atom. The molecule has 2 rings (SSSR count). The summed E-state index contributed by atoms with van der Waals surface area (Å²) >= 11 is 17.6. The number of halogens is 3. The average molecular weight is 343 g/mol. The molecule has 0 aliphatic rings. The third-order valence-corrected chi connectivity index (χ3v) is 3.61. The van der Waals surface area contributed by atoms with Crippen LogP contribution in [0, 0.1) is 0 Å². The van der Waals surface area contributed by atoms with E-state index in [9.17, 15) is 4.79 Å². The van der Waals surface area contributed by atoms with Crippen LogP contribution in [0.2, 0.25) is 15.1 Å². The summed E-state index contributed by atoms with van der Waals surface area (Å²) in [5.74, 6) is 0.263. The number of para-hydroxylation sites is 1. The highest BCUT2D eigenvalue weighted by Crippen LogP contribution is 2.33. The number of amides is 1. The molecule has 6 heteroatoms. The average Bonchev–Trinajstić information content (AvgIpc) is 2.46. The summed E-state index contributed by atoms with van der Waals surface area (Å²) < 4.78 is 5.27. The van der Waals surface area contributed by atoms with Gasteiger partial charge in [-0.05, 0) is 24.3 Å². The first-order valence-electron chi connectivity index (χ1n) is 5.90. The van der Waals surface area contributed by atoms with Gasteiger partial charge in [0.25, 0.3) is 5.91 Å². The highest BCUT2D eigenvalue weighted by Gasteiger charge is 2.07. The van der Waals surface area contributed by atoms with Gasteiger partial charge in [0.1, 0.15) is 5.75 Å². The second kappa shape index (κ2) is 7.36. The van der Waals surface area contributed by atoms with E-state index < -0.39 is 0 Å². The summed E-state index contributed by atoms with van der Waals surface area (Å²) in [5.41, 5.74) is 0.448. The van der Waals surface area contributed by atoms with E-state index in [2.05, 4.69) is 5.32 Å². The zero-order chi connectivity index (χ0) is 15.2. The first kappa shape index (κ1) is 15.7. The van der Waals surface area contributed by atoms with Crippen molar-refractivity contribution in [2.24, 2.45) is 0 Å². The molecule has 0 heterocycles. The topological polar surface area (TPSA) is 38.3 Å². The summed E-state index contributed by atoms with van der Waals surface area (Å²) in [5, 5.41) is 3.39. The van der Waals surface area contributed by atoms with Crippen LogP contribution in [-0.4, -0.2) is 5.91 Å². The molecule has 2 aromatic rings. The third-order valence-electron chi connectivity index (χ3n) is 2.42. The van der Waals surface area contributed by atoms with E-state index >= 15 is 0 Å². The molecule has 0 atom stereocenters. The molecule has 1 amide bonds. The molecule has 0 spiro atoms. The standard InChI is InChI=1S/C15H10Cl3NO2/c16-12-8-10(9-13(17)15(12)18)19-14(20)6-7-21-11-4-2-1-3-5-11/h1-9H,(H,19,20). The fourth-order valence-corrected chi connectivity index (χ4v) is 2.08. The van der Waals surface area contributed by atoms with Crippen molar-refractivity contribution < 1.29 is 9.53 Å². The molecule has 0 bridgehead atoms. The van der Waals surface area contributed by atoms with Gasteiger partial charge in [-0.3, -0.25) is 4.79 Å². The van der Waals surface area contributed by atoms with E-state index in [1.165, 1.54) is 24.5 Å². The number of benzene rings is 2. The third kappa shape index (κ3) is 4.67. The van der Waals surface area contributed by atoms with Gasteiger partial charge in [-0.25, -0.2) is 0 Å². The number of carbonyl (C=O) groups is 1. The molecule has 1 N–H and O–H groups in total. The maximum absolute atomic E-state index is 11.7. The molecule has 0 aliphatic heterocycles. The Kier molecular flexibility index (Phi) is 5.51. The minimum absolute atomic E-state index is 0.249. The Morgan fingerprint density at radius 2 is 1.67 bits per heavy atom. The molecule has 0 fully saturated rings. The molecular weight excluding hydrogens is 333 g/mol. The predicted octanol–water partition coefficient (Wildman–Crippen LogP) is 5.18. The minimum atomic E-state index is -0.375. The fourth-order valence-electron chi connectivity index (χ4n) is 1.49. The predicted molar refractivity (Wildman–Crippen MR) is 86.3 cm³/mol. The normalized spacial score (nSPS) is 10.6. The summed E-state index contributed by atoms with van der Waals surface area (Å²) in [6.07, 6.45) is 2.55. The van der Waals surface area contributed by atoms with Crippen LogP contribution in [-0.2, 0) is 4.79 Å². The second-order valence-electron chi connectivity index (χ2n) is 3.98. The lowest BCUT2D eigenvalue weighted by atomic mass is 10.3. The van der Waals surface area contributed by atoms with E-state index in [0.717, 1.165) is 0 Å². The molecule has 3 nitrogen and oxygen atoms in total. The van der Waals surface area contributed by atoms with E-state index in [1.54, 1.807) is 12.1 Å². The Bertz CT molecular complexity index is 649. The number of rotatable bonds is 4. The minimum Gasteiger partial charge on any atom is -0.465 e. The molecule has 0 radical (unpaired) electrons. The van der Waals surface area contributed by atoms with E-state index in [0.29, 0.717) is 11.4 Å². The van der Waals surface area contributed by atoms with Crippen LogP contribution < -0.4 is 10.1 Å². The van der Waals surface area contributed by atoms with Gasteiger partial charge in [0.05, 0.1) is 21.3 Å². The van der Waals surface area contributed by atoms with Gasteiger partial charge in [0, 0.05) is 11.8 Å². The van der Waals surface area contributed by atoms with E-state index in [1.807, 2.05) is 18.2 Å². The molecule has 21 heavy (non-hydrogen) atoms. The highest BCUT2D eigenvalue weighted by atomic mass is 35.5. The number of hydrogen-bond donors (Lipinski definition) is 1. The van der Waals surface area contributed by atoms with Gasteiger partial charge in [-0.15, -0.1) is 0 Å². The van der Waals surface area contributed by atoms with Crippen LogP contribution in [0.5, 0.6) is 5.75 Å². The van der Waals surface area contributed by atoms with Crippen LogP contribution in [0.15, 0.2) is 54.8 Å². The number of carbonyl (C=O) groups excluding carboxylic acids is 1. The summed E-state index contributed by atoms with van der Waals surface area (Å²) in [6, 6.07) is 12.1. The lowest BCUT2D eigenvalue weighted by molar-refractivity contribution is -0.112. The second-order valence-corrected chi connectivity index (χ2v) is 5.17. The fraction of sp³-hybridized carbons (Fsp3) is 0. The van der Waals surface area contributed by atoms with Crippen LogP contribution >= 0.6 is 34.8 Å². The Labute approximate surface area is 137 Å². The van der Waals surface area contributed by atoms with Crippen molar-refractivity contribution in [2.45, 2.75) is 0 Å². The molecule has 0 aromatic heterocycles. The summed E-state index contributed by atoms with van der Waals surface area (Å²) in [4.78, 5) is 11.7. The van der Waals surface area contributed by atoms with Crippen LogP contribution in [0.1, 0.15) is 0 Å². The molecule has 0 aliphatic carbocycles.